The van der Waals surface area contributed by atoms with Crippen molar-refractivity contribution in [3.8, 4) is 0 Å². The second-order valence-electron chi connectivity index (χ2n) is 4.66. The zero-order valence-electron chi connectivity index (χ0n) is 12.0. The fourth-order valence-electron chi connectivity index (χ4n) is 1.54. The minimum absolute atomic E-state index is 0.195. The lowest BCUT2D eigenvalue weighted by molar-refractivity contribution is -0.847. The van der Waals surface area contributed by atoms with Crippen molar-refractivity contribution in [1.82, 2.24) is 5.43 Å². The van der Waals surface area contributed by atoms with Crippen LogP contribution in [0.5, 0.6) is 0 Å². The molecule has 0 radical (unpaired) electrons. The highest BCUT2D eigenvalue weighted by Crippen LogP contribution is 2.00. The smallest absolute Gasteiger partial charge is 0.129 e. The quantitative estimate of drug-likeness (QED) is 0.363. The average Bonchev–Trinajstić information content (AvgIpc) is 2.32. The molecule has 0 bridgehead atoms. The number of rotatable bonds is 11. The van der Waals surface area contributed by atoms with Crippen molar-refractivity contribution < 1.29 is 19.8 Å². The first kappa shape index (κ1) is 18.2. The molecule has 0 rings (SSSR count). The number of methoxy groups -OCH3 is 1. The van der Waals surface area contributed by atoms with Crippen LogP contribution in [0.15, 0.2) is 12.3 Å². The maximum absolute atomic E-state index is 11.6. The number of Topliss-reactive ketones (excluding diaryl/α,β-unsaturated/α-hetero) is 1. The molecule has 112 valence electrons. The lowest BCUT2D eigenvalue weighted by Gasteiger charge is -2.26. The number of carbonyl (C=O) groups excluding carboxylic acids is 1. The van der Waals surface area contributed by atoms with Crippen LogP contribution in [0.25, 0.3) is 0 Å². The van der Waals surface area contributed by atoms with Crippen LogP contribution in [0.1, 0.15) is 39.5 Å². The van der Waals surface area contributed by atoms with E-state index in [1.165, 1.54) is 13.3 Å². The van der Waals surface area contributed by atoms with Crippen LogP contribution in [0, 0.1) is 5.21 Å². The van der Waals surface area contributed by atoms with Gasteiger partial charge in [-0.25, -0.2) is 0 Å². The Bertz CT molecular complexity index is 269. The molecule has 0 fully saturated rings. The van der Waals surface area contributed by atoms with E-state index in [0.717, 1.165) is 19.3 Å². The SMILES string of the molecule is COCC(N[NH+]([O-])C=CCCCCC(C)=O)C(C)O. The molecule has 19 heavy (non-hydrogen) atoms. The first-order valence-electron chi connectivity index (χ1n) is 6.60. The third-order valence-electron chi connectivity index (χ3n) is 2.68. The Hall–Kier alpha value is -0.790. The van der Waals surface area contributed by atoms with Crippen LogP contribution in [-0.4, -0.2) is 36.8 Å². The van der Waals surface area contributed by atoms with Gasteiger partial charge in [0.1, 0.15) is 18.0 Å². The van der Waals surface area contributed by atoms with E-state index in [1.54, 1.807) is 19.9 Å². The van der Waals surface area contributed by atoms with Crippen LogP contribution < -0.4 is 10.6 Å². The summed E-state index contributed by atoms with van der Waals surface area (Å²) < 4.78 is 4.92. The Labute approximate surface area is 115 Å². The van der Waals surface area contributed by atoms with Crippen LogP contribution in [0.2, 0.25) is 0 Å². The molecule has 0 aromatic heterocycles. The highest BCUT2D eigenvalue weighted by atomic mass is 16.5. The Morgan fingerprint density at radius 1 is 1.53 bits per heavy atom. The van der Waals surface area contributed by atoms with Gasteiger partial charge in [-0.2, -0.15) is 5.43 Å². The highest BCUT2D eigenvalue weighted by molar-refractivity contribution is 5.75. The van der Waals surface area contributed by atoms with E-state index >= 15 is 0 Å². The molecular weight excluding hydrogens is 248 g/mol. The normalized spacial score (nSPS) is 16.5. The second-order valence-corrected chi connectivity index (χ2v) is 4.66. The van der Waals surface area contributed by atoms with Crippen molar-refractivity contribution in [1.29, 1.82) is 0 Å². The van der Waals surface area contributed by atoms with E-state index in [9.17, 15) is 15.1 Å². The number of aliphatic hydroxyl groups excluding tert-OH is 1. The summed E-state index contributed by atoms with van der Waals surface area (Å²) in [5.41, 5.74) is 2.67. The minimum Gasteiger partial charge on any atom is -0.608 e. The molecule has 3 unspecified atom stereocenters. The van der Waals surface area contributed by atoms with E-state index in [4.69, 9.17) is 4.74 Å². The molecule has 0 aliphatic carbocycles. The van der Waals surface area contributed by atoms with Crippen molar-refractivity contribution in [3.63, 3.8) is 0 Å². The molecule has 3 N–H and O–H groups in total. The summed E-state index contributed by atoms with van der Waals surface area (Å²) in [6.07, 6.45) is 5.68. The largest absolute Gasteiger partial charge is 0.608 e. The van der Waals surface area contributed by atoms with E-state index in [2.05, 4.69) is 5.43 Å². The number of ether oxygens (including phenoxy) is 1. The van der Waals surface area contributed by atoms with Crippen molar-refractivity contribution >= 4 is 5.78 Å². The Balaban J connectivity index is 3.82. The molecule has 0 aromatic rings. The average molecular weight is 274 g/mol. The van der Waals surface area contributed by atoms with Crippen molar-refractivity contribution in [2.75, 3.05) is 13.7 Å². The minimum atomic E-state index is -0.659. The third-order valence-corrected chi connectivity index (χ3v) is 2.68. The summed E-state index contributed by atoms with van der Waals surface area (Å²) in [6, 6.07) is -0.403. The molecule has 6 heteroatoms. The molecule has 0 spiro atoms. The standard InChI is InChI=1S/C13H26N2O4/c1-11(16)8-6-4-5-7-9-15(18)14-13(10-19-3)12(2)17/h7,9,12-15,17H,4-6,8,10H2,1-3H3. The Kier molecular flexibility index (Phi) is 10.6. The molecule has 0 saturated heterocycles. The summed E-state index contributed by atoms with van der Waals surface area (Å²) in [4.78, 5) is 10.7. The van der Waals surface area contributed by atoms with Crippen LogP contribution in [0.4, 0.5) is 0 Å². The highest BCUT2D eigenvalue weighted by Gasteiger charge is 2.16. The molecular formula is C13H26N2O4. The monoisotopic (exact) mass is 274 g/mol. The number of aliphatic hydroxyl groups is 1. The van der Waals surface area contributed by atoms with Gasteiger partial charge in [-0.1, -0.05) is 0 Å². The number of hydrogen-bond acceptors (Lipinski definition) is 5. The van der Waals surface area contributed by atoms with Gasteiger partial charge in [0.25, 0.3) is 0 Å². The number of allylic oxidation sites excluding steroid dienone is 1. The fraction of sp³-hybridized carbons (Fsp3) is 0.769. The lowest BCUT2D eigenvalue weighted by Crippen LogP contribution is -3.11. The topological polar surface area (TPSA) is 86.1 Å². The van der Waals surface area contributed by atoms with Gasteiger partial charge in [0.2, 0.25) is 0 Å². The number of unbranched alkanes of at least 4 members (excludes halogenated alkanes) is 2. The predicted molar refractivity (Wildman–Crippen MR) is 73.1 cm³/mol. The zero-order chi connectivity index (χ0) is 14.7. The van der Waals surface area contributed by atoms with Crippen LogP contribution in [0.3, 0.4) is 0 Å². The lowest BCUT2D eigenvalue weighted by atomic mass is 10.1. The van der Waals surface area contributed by atoms with Crippen molar-refractivity contribution in [3.05, 3.63) is 17.5 Å². The third kappa shape index (κ3) is 10.8. The first-order valence-corrected chi connectivity index (χ1v) is 6.60. The zero-order valence-corrected chi connectivity index (χ0v) is 12.0. The molecule has 0 aliphatic heterocycles. The van der Waals surface area contributed by atoms with Crippen LogP contribution in [-0.2, 0) is 9.53 Å². The molecule has 3 atom stereocenters. The van der Waals surface area contributed by atoms with Gasteiger partial charge in [0.15, 0.2) is 0 Å². The summed E-state index contributed by atoms with van der Waals surface area (Å²) >= 11 is 0. The van der Waals surface area contributed by atoms with Gasteiger partial charge in [-0.05, 0) is 39.2 Å². The second kappa shape index (κ2) is 11.1. The fourth-order valence-corrected chi connectivity index (χ4v) is 1.54. The molecule has 0 aromatic carbocycles. The molecule has 0 aliphatic rings. The Morgan fingerprint density at radius 3 is 2.74 bits per heavy atom. The van der Waals surface area contributed by atoms with E-state index in [-0.39, 0.29) is 17.6 Å². The maximum atomic E-state index is 11.6. The maximum Gasteiger partial charge on any atom is 0.129 e. The summed E-state index contributed by atoms with van der Waals surface area (Å²) in [7, 11) is 1.52. The van der Waals surface area contributed by atoms with Gasteiger partial charge >= 0.3 is 0 Å². The van der Waals surface area contributed by atoms with E-state index in [0.29, 0.717) is 6.42 Å². The number of ketones is 1. The van der Waals surface area contributed by atoms with Crippen molar-refractivity contribution in [2.45, 2.75) is 51.7 Å². The predicted octanol–water partition coefficient (Wildman–Crippen LogP) is -0.0674. The van der Waals surface area contributed by atoms with Gasteiger partial charge in [-0.15, -0.1) is 0 Å². The molecule has 0 saturated carbocycles. The Morgan fingerprint density at radius 2 is 2.21 bits per heavy atom. The number of quaternary nitrogens is 1. The summed E-state index contributed by atoms with van der Waals surface area (Å²) in [6.45, 7) is 3.46. The summed E-state index contributed by atoms with van der Waals surface area (Å²) in [5.74, 6) is 0.195. The first-order chi connectivity index (χ1) is 8.97. The molecule has 0 amide bonds. The number of nitrogens with one attached hydrogen (secondary N) is 2. The van der Waals surface area contributed by atoms with Gasteiger partial charge < -0.3 is 19.8 Å². The molecule has 6 nitrogen and oxygen atoms in total. The number of hydroxylamine groups is 1. The van der Waals surface area contributed by atoms with E-state index in [1.807, 2.05) is 0 Å². The summed E-state index contributed by atoms with van der Waals surface area (Å²) in [5, 5.41) is 20.7. The van der Waals surface area contributed by atoms with Crippen molar-refractivity contribution in [2.24, 2.45) is 0 Å². The number of carbonyl (C=O) groups is 1. The van der Waals surface area contributed by atoms with Gasteiger partial charge in [0, 0.05) is 13.5 Å². The van der Waals surface area contributed by atoms with Crippen LogP contribution >= 0.6 is 0 Å². The van der Waals surface area contributed by atoms with E-state index < -0.39 is 12.1 Å². The number of hydrogen-bond donors (Lipinski definition) is 3. The van der Waals surface area contributed by atoms with Gasteiger partial charge in [-0.3, -0.25) is 5.17 Å². The molecule has 0 heterocycles. The van der Waals surface area contributed by atoms with Gasteiger partial charge in [0.05, 0.1) is 12.7 Å².